The van der Waals surface area contributed by atoms with Crippen LogP contribution in [-0.2, 0) is 4.79 Å². The van der Waals surface area contributed by atoms with E-state index in [9.17, 15) is 14.7 Å². The Morgan fingerprint density at radius 3 is 2.59 bits per heavy atom. The van der Waals surface area contributed by atoms with E-state index in [-0.39, 0.29) is 18.1 Å². The van der Waals surface area contributed by atoms with E-state index >= 15 is 0 Å². The van der Waals surface area contributed by atoms with Gasteiger partial charge in [0, 0.05) is 12.1 Å². The minimum absolute atomic E-state index is 0.0228. The number of hydrogen-bond donors (Lipinski definition) is 3. The summed E-state index contributed by atoms with van der Waals surface area (Å²) in [4.78, 5) is 21.8. The number of rotatable bonds is 3. The van der Waals surface area contributed by atoms with Gasteiger partial charge in [-0.25, -0.2) is 0 Å². The molecule has 0 fully saturated rings. The third-order valence-corrected chi connectivity index (χ3v) is 2.14. The first-order valence-corrected chi connectivity index (χ1v) is 4.70. The lowest BCUT2D eigenvalue weighted by Gasteiger charge is -2.06. The number of phenolic OH excluding ortho intramolecular Hbond substituents is 1. The predicted octanol–water partition coefficient (Wildman–Crippen LogP) is -0.0647. The first-order valence-electron chi connectivity index (χ1n) is 4.70. The minimum atomic E-state index is -1.17. The maximum Gasteiger partial charge on any atom is 0.322 e. The third kappa shape index (κ3) is 2.22. The molecule has 17 heavy (non-hydrogen) atoms. The van der Waals surface area contributed by atoms with Gasteiger partial charge in [-0.05, 0) is 0 Å². The predicted molar refractivity (Wildman–Crippen MR) is 54.2 cm³/mol. The summed E-state index contributed by atoms with van der Waals surface area (Å²) in [5, 5.41) is 20.1. The fourth-order valence-electron chi connectivity index (χ4n) is 1.36. The van der Waals surface area contributed by atoms with Crippen molar-refractivity contribution in [1.82, 2.24) is 5.32 Å². The number of carboxylic acids is 1. The second-order valence-electron chi connectivity index (χ2n) is 3.30. The maximum absolute atomic E-state index is 11.5. The number of fused-ring (bicyclic) bond motifs is 1. The Kier molecular flexibility index (Phi) is 2.73. The molecule has 7 nitrogen and oxygen atoms in total. The van der Waals surface area contributed by atoms with E-state index < -0.39 is 18.4 Å². The van der Waals surface area contributed by atoms with Crippen LogP contribution in [0.1, 0.15) is 10.4 Å². The van der Waals surface area contributed by atoms with Gasteiger partial charge in [0.2, 0.25) is 6.79 Å². The van der Waals surface area contributed by atoms with Crippen molar-refractivity contribution in [3.63, 3.8) is 0 Å². The number of nitrogens with one attached hydrogen (secondary N) is 1. The Hall–Kier alpha value is -2.44. The van der Waals surface area contributed by atoms with E-state index in [1.54, 1.807) is 0 Å². The quantitative estimate of drug-likeness (QED) is 0.682. The normalized spacial score (nSPS) is 12.2. The molecule has 0 aliphatic carbocycles. The lowest BCUT2D eigenvalue weighted by molar-refractivity contribution is -0.135. The highest BCUT2D eigenvalue weighted by molar-refractivity contribution is 5.98. The molecule has 0 atom stereocenters. The summed E-state index contributed by atoms with van der Waals surface area (Å²) in [6.45, 7) is -0.498. The Morgan fingerprint density at radius 1 is 1.29 bits per heavy atom. The van der Waals surface area contributed by atoms with Gasteiger partial charge in [-0.15, -0.1) is 0 Å². The van der Waals surface area contributed by atoms with Crippen LogP contribution in [0.5, 0.6) is 17.2 Å². The van der Waals surface area contributed by atoms with Crippen molar-refractivity contribution in [2.75, 3.05) is 13.3 Å². The summed E-state index contributed by atoms with van der Waals surface area (Å²) in [7, 11) is 0. The van der Waals surface area contributed by atoms with E-state index in [1.165, 1.54) is 12.1 Å². The fraction of sp³-hybridized carbons (Fsp3) is 0.200. The van der Waals surface area contributed by atoms with Crippen LogP contribution in [0.4, 0.5) is 0 Å². The van der Waals surface area contributed by atoms with Crippen molar-refractivity contribution in [2.45, 2.75) is 0 Å². The van der Waals surface area contributed by atoms with Crippen LogP contribution in [0.15, 0.2) is 12.1 Å². The lowest BCUT2D eigenvalue weighted by atomic mass is 10.1. The molecular weight excluding hydrogens is 230 g/mol. The number of aliphatic carboxylic acids is 1. The van der Waals surface area contributed by atoms with Gasteiger partial charge in [0.15, 0.2) is 11.5 Å². The standard InChI is InChI=1S/C10H9NO6/c12-6-2-8-7(16-4-17-8)1-5(6)10(15)11-3-9(13)14/h1-2,12H,3-4H2,(H,11,15)(H,13,14). The molecule has 7 heteroatoms. The fourth-order valence-corrected chi connectivity index (χ4v) is 1.36. The van der Waals surface area contributed by atoms with Gasteiger partial charge in [0.1, 0.15) is 12.3 Å². The van der Waals surface area contributed by atoms with Crippen LogP contribution in [-0.4, -0.2) is 35.4 Å². The zero-order valence-electron chi connectivity index (χ0n) is 8.60. The minimum Gasteiger partial charge on any atom is -0.507 e. The van der Waals surface area contributed by atoms with Gasteiger partial charge in [-0.2, -0.15) is 0 Å². The van der Waals surface area contributed by atoms with Gasteiger partial charge in [0.05, 0.1) is 5.56 Å². The number of ether oxygens (including phenoxy) is 2. The molecule has 90 valence electrons. The topological polar surface area (TPSA) is 105 Å². The summed E-state index contributed by atoms with van der Waals surface area (Å²) < 4.78 is 10.0. The SMILES string of the molecule is O=C(O)CNC(=O)c1cc2c(cc1O)OCO2. The molecule has 1 amide bonds. The van der Waals surface area contributed by atoms with Gasteiger partial charge in [-0.3, -0.25) is 9.59 Å². The highest BCUT2D eigenvalue weighted by Gasteiger charge is 2.20. The van der Waals surface area contributed by atoms with Crippen LogP contribution >= 0.6 is 0 Å². The van der Waals surface area contributed by atoms with Gasteiger partial charge >= 0.3 is 5.97 Å². The van der Waals surface area contributed by atoms with E-state index in [2.05, 4.69) is 5.32 Å². The average molecular weight is 239 g/mol. The number of carbonyl (C=O) groups excluding carboxylic acids is 1. The number of amides is 1. The number of carbonyl (C=O) groups is 2. The maximum atomic E-state index is 11.5. The second-order valence-corrected chi connectivity index (χ2v) is 3.30. The first-order chi connectivity index (χ1) is 8.08. The molecule has 1 heterocycles. The summed E-state index contributed by atoms with van der Waals surface area (Å²) in [6, 6.07) is 2.55. The number of benzene rings is 1. The molecule has 0 saturated heterocycles. The van der Waals surface area contributed by atoms with Crippen molar-refractivity contribution in [1.29, 1.82) is 0 Å². The molecule has 0 bridgehead atoms. The van der Waals surface area contributed by atoms with Crippen molar-refractivity contribution >= 4 is 11.9 Å². The van der Waals surface area contributed by atoms with Crippen LogP contribution < -0.4 is 14.8 Å². The Labute approximate surface area is 95.6 Å². The lowest BCUT2D eigenvalue weighted by Crippen LogP contribution is -2.29. The number of hydrogen-bond acceptors (Lipinski definition) is 5. The molecule has 0 radical (unpaired) electrons. The number of phenols is 1. The summed E-state index contributed by atoms with van der Waals surface area (Å²) in [5.74, 6) is -1.47. The zero-order chi connectivity index (χ0) is 12.4. The van der Waals surface area contributed by atoms with Gasteiger partial charge in [-0.1, -0.05) is 0 Å². The Balaban J connectivity index is 2.20. The third-order valence-electron chi connectivity index (χ3n) is 2.14. The molecule has 0 unspecified atom stereocenters. The van der Waals surface area contributed by atoms with Crippen LogP contribution in [0.3, 0.4) is 0 Å². The van der Waals surface area contributed by atoms with E-state index in [1.807, 2.05) is 0 Å². The first kappa shape index (κ1) is 11.1. The molecule has 0 aromatic heterocycles. The highest BCUT2D eigenvalue weighted by Crippen LogP contribution is 2.37. The summed E-state index contributed by atoms with van der Waals surface area (Å²) >= 11 is 0. The van der Waals surface area contributed by atoms with Gasteiger partial charge in [0.25, 0.3) is 5.91 Å². The molecular formula is C10H9NO6. The van der Waals surface area contributed by atoms with Crippen molar-refractivity contribution in [3.8, 4) is 17.2 Å². The van der Waals surface area contributed by atoms with Crippen molar-refractivity contribution in [2.24, 2.45) is 0 Å². The number of carboxylic acid groups (broad SMARTS) is 1. The Bertz CT molecular complexity index is 484. The van der Waals surface area contributed by atoms with Crippen molar-refractivity contribution in [3.05, 3.63) is 17.7 Å². The molecule has 3 N–H and O–H groups in total. The van der Waals surface area contributed by atoms with E-state index in [4.69, 9.17) is 14.6 Å². The molecule has 2 rings (SSSR count). The molecule has 1 aromatic rings. The van der Waals surface area contributed by atoms with E-state index in [0.717, 1.165) is 0 Å². The number of aromatic hydroxyl groups is 1. The molecule has 0 saturated carbocycles. The summed E-state index contributed by atoms with van der Waals surface area (Å²) in [6.07, 6.45) is 0. The summed E-state index contributed by atoms with van der Waals surface area (Å²) in [5.41, 5.74) is -0.0597. The Morgan fingerprint density at radius 2 is 1.94 bits per heavy atom. The average Bonchev–Trinajstić information content (AvgIpc) is 2.71. The van der Waals surface area contributed by atoms with Gasteiger partial charge < -0.3 is 25.0 Å². The largest absolute Gasteiger partial charge is 0.507 e. The van der Waals surface area contributed by atoms with E-state index in [0.29, 0.717) is 11.5 Å². The molecule has 0 spiro atoms. The molecule has 1 aliphatic heterocycles. The molecule has 1 aromatic carbocycles. The van der Waals surface area contributed by atoms with Crippen LogP contribution in [0.25, 0.3) is 0 Å². The highest BCUT2D eigenvalue weighted by atomic mass is 16.7. The van der Waals surface area contributed by atoms with Crippen LogP contribution in [0, 0.1) is 0 Å². The smallest absolute Gasteiger partial charge is 0.322 e. The monoisotopic (exact) mass is 239 g/mol. The van der Waals surface area contributed by atoms with Crippen molar-refractivity contribution < 1.29 is 29.3 Å². The van der Waals surface area contributed by atoms with Crippen LogP contribution in [0.2, 0.25) is 0 Å². The second kappa shape index (κ2) is 4.20. The zero-order valence-corrected chi connectivity index (χ0v) is 8.60. The molecule has 1 aliphatic rings.